The summed E-state index contributed by atoms with van der Waals surface area (Å²) in [5, 5.41) is 31.1. The number of ketones is 1. The maximum Gasteiger partial charge on any atom is 0.190 e. The zero-order valence-electron chi connectivity index (χ0n) is 22.0. The number of aliphatic hydroxyl groups is 3. The molecule has 4 nitrogen and oxygen atoms in total. The predicted molar refractivity (Wildman–Crippen MR) is 131 cm³/mol. The number of rotatable bonds is 6. The molecule has 0 bridgehead atoms. The Kier molecular flexibility index (Phi) is 6.91. The molecule has 0 aromatic rings. The molecule has 4 saturated carbocycles. The molecule has 33 heavy (non-hydrogen) atoms. The number of Topliss-reactive ketones (excluding diaryl/α,β-unsaturated/α-hetero) is 1. The van der Waals surface area contributed by atoms with E-state index in [4.69, 9.17) is 0 Å². The molecule has 190 valence electrons. The van der Waals surface area contributed by atoms with Crippen molar-refractivity contribution in [2.45, 2.75) is 118 Å². The molecule has 4 rings (SSSR count). The fraction of sp³-hybridized carbons (Fsp3) is 0.966. The Balaban J connectivity index is 1.51. The third-order valence-electron chi connectivity index (χ3n) is 11.8. The summed E-state index contributed by atoms with van der Waals surface area (Å²) in [5.74, 6) is 2.19. The molecular formula is C29H50O4. The SMILES string of the molecule is CC[C@H](CC[C@@H](C)[C@H]1CC[C@H]2[C@@H]3CC(=O)C4CC(O)(O)C(O)C[C@]4(C)[C@H]3CC[C@]12C)C(C)C. The topological polar surface area (TPSA) is 77.8 Å². The lowest BCUT2D eigenvalue weighted by atomic mass is 9.43. The van der Waals surface area contributed by atoms with Gasteiger partial charge in [-0.15, -0.1) is 0 Å². The number of fused-ring (bicyclic) bond motifs is 5. The van der Waals surface area contributed by atoms with Crippen molar-refractivity contribution in [3.05, 3.63) is 0 Å². The molecule has 4 fully saturated rings. The van der Waals surface area contributed by atoms with Crippen LogP contribution in [0.5, 0.6) is 0 Å². The van der Waals surface area contributed by atoms with E-state index in [2.05, 4.69) is 41.5 Å². The van der Waals surface area contributed by atoms with Gasteiger partial charge >= 0.3 is 0 Å². The molecule has 0 heterocycles. The molecule has 0 aromatic heterocycles. The van der Waals surface area contributed by atoms with Gasteiger partial charge in [0.05, 0.1) is 0 Å². The van der Waals surface area contributed by atoms with Gasteiger partial charge in [0.25, 0.3) is 0 Å². The Morgan fingerprint density at radius 1 is 0.970 bits per heavy atom. The minimum absolute atomic E-state index is 0.0112. The first-order chi connectivity index (χ1) is 15.3. The van der Waals surface area contributed by atoms with E-state index in [1.165, 1.54) is 38.5 Å². The summed E-state index contributed by atoms with van der Waals surface area (Å²) >= 11 is 0. The smallest absolute Gasteiger partial charge is 0.190 e. The average Bonchev–Trinajstić information content (AvgIpc) is 3.08. The lowest BCUT2D eigenvalue weighted by Crippen LogP contribution is -2.63. The van der Waals surface area contributed by atoms with Crippen LogP contribution in [-0.4, -0.2) is 33.0 Å². The van der Waals surface area contributed by atoms with Gasteiger partial charge in [-0.05, 0) is 90.8 Å². The summed E-state index contributed by atoms with van der Waals surface area (Å²) in [7, 11) is 0. The molecule has 4 heteroatoms. The number of aliphatic hydroxyl groups excluding tert-OH is 1. The molecule has 0 radical (unpaired) electrons. The Bertz CT molecular complexity index is 731. The minimum atomic E-state index is -2.13. The van der Waals surface area contributed by atoms with Gasteiger partial charge in [-0.3, -0.25) is 4.79 Å². The molecule has 0 spiro atoms. The highest BCUT2D eigenvalue weighted by Gasteiger charge is 2.65. The normalized spacial score (nSPS) is 46.4. The third-order valence-corrected chi connectivity index (χ3v) is 11.8. The van der Waals surface area contributed by atoms with E-state index in [1.807, 2.05) is 0 Å². The minimum Gasteiger partial charge on any atom is -0.388 e. The highest BCUT2D eigenvalue weighted by atomic mass is 16.5. The molecule has 3 N–H and O–H groups in total. The van der Waals surface area contributed by atoms with Crippen LogP contribution in [0.1, 0.15) is 106 Å². The summed E-state index contributed by atoms with van der Waals surface area (Å²) in [6.45, 7) is 14.2. The maximum atomic E-state index is 13.4. The van der Waals surface area contributed by atoms with Crippen LogP contribution >= 0.6 is 0 Å². The lowest BCUT2D eigenvalue weighted by Gasteiger charge is -2.61. The second-order valence-electron chi connectivity index (χ2n) is 13.6. The first-order valence-corrected chi connectivity index (χ1v) is 14.0. The monoisotopic (exact) mass is 462 g/mol. The van der Waals surface area contributed by atoms with Crippen molar-refractivity contribution in [2.75, 3.05) is 0 Å². The molecule has 0 aliphatic heterocycles. The highest BCUT2D eigenvalue weighted by molar-refractivity contribution is 5.83. The van der Waals surface area contributed by atoms with E-state index >= 15 is 0 Å². The fourth-order valence-electron chi connectivity index (χ4n) is 9.71. The number of carbonyl (C=O) groups is 1. The van der Waals surface area contributed by atoms with Gasteiger partial charge in [0, 0.05) is 18.8 Å². The summed E-state index contributed by atoms with van der Waals surface area (Å²) in [6.07, 6.45) is 8.52. The lowest BCUT2D eigenvalue weighted by molar-refractivity contribution is -0.278. The Morgan fingerprint density at radius 2 is 1.64 bits per heavy atom. The summed E-state index contributed by atoms with van der Waals surface area (Å²) < 4.78 is 0. The number of hydrogen-bond donors (Lipinski definition) is 3. The maximum absolute atomic E-state index is 13.4. The van der Waals surface area contributed by atoms with Gasteiger partial charge in [0.15, 0.2) is 5.79 Å². The van der Waals surface area contributed by atoms with Crippen molar-refractivity contribution in [2.24, 2.45) is 58.2 Å². The van der Waals surface area contributed by atoms with Crippen molar-refractivity contribution in [3.8, 4) is 0 Å². The first-order valence-electron chi connectivity index (χ1n) is 14.0. The highest BCUT2D eigenvalue weighted by Crippen LogP contribution is 2.68. The van der Waals surface area contributed by atoms with Crippen LogP contribution < -0.4 is 0 Å². The van der Waals surface area contributed by atoms with E-state index in [1.54, 1.807) is 0 Å². The van der Waals surface area contributed by atoms with E-state index < -0.39 is 11.9 Å². The molecule has 4 aliphatic rings. The largest absolute Gasteiger partial charge is 0.388 e. The molecular weight excluding hydrogens is 412 g/mol. The predicted octanol–water partition coefficient (Wildman–Crippen LogP) is 5.57. The van der Waals surface area contributed by atoms with Crippen molar-refractivity contribution in [1.82, 2.24) is 0 Å². The average molecular weight is 463 g/mol. The summed E-state index contributed by atoms with van der Waals surface area (Å²) in [6, 6.07) is 0. The Hall–Kier alpha value is -0.450. The first kappa shape index (κ1) is 25.6. The van der Waals surface area contributed by atoms with Crippen LogP contribution in [0.15, 0.2) is 0 Å². The van der Waals surface area contributed by atoms with E-state index in [0.29, 0.717) is 36.0 Å². The van der Waals surface area contributed by atoms with Crippen molar-refractivity contribution in [1.29, 1.82) is 0 Å². The zero-order valence-corrected chi connectivity index (χ0v) is 22.0. The van der Waals surface area contributed by atoms with Crippen molar-refractivity contribution in [3.63, 3.8) is 0 Å². The summed E-state index contributed by atoms with van der Waals surface area (Å²) in [5.41, 5.74) is -0.000376. The number of hydrogen-bond acceptors (Lipinski definition) is 4. The van der Waals surface area contributed by atoms with Crippen LogP contribution in [0.3, 0.4) is 0 Å². The van der Waals surface area contributed by atoms with Crippen molar-refractivity contribution >= 4 is 5.78 Å². The molecule has 10 atom stereocenters. The van der Waals surface area contributed by atoms with Gasteiger partial charge < -0.3 is 15.3 Å². The van der Waals surface area contributed by atoms with Gasteiger partial charge in [-0.1, -0.05) is 54.4 Å². The second kappa shape index (κ2) is 8.89. The van der Waals surface area contributed by atoms with Crippen molar-refractivity contribution < 1.29 is 20.1 Å². The van der Waals surface area contributed by atoms with Gasteiger partial charge in [-0.2, -0.15) is 0 Å². The molecule has 0 saturated heterocycles. The number of carbonyl (C=O) groups excluding carboxylic acids is 1. The molecule has 2 unspecified atom stereocenters. The van der Waals surface area contributed by atoms with Crippen LogP contribution in [0, 0.1) is 58.2 Å². The second-order valence-corrected chi connectivity index (χ2v) is 13.6. The van der Waals surface area contributed by atoms with Crippen LogP contribution in [0.4, 0.5) is 0 Å². The zero-order chi connectivity index (χ0) is 24.3. The van der Waals surface area contributed by atoms with Crippen LogP contribution in [0.2, 0.25) is 0 Å². The van der Waals surface area contributed by atoms with Gasteiger partial charge in [0.1, 0.15) is 11.9 Å². The Morgan fingerprint density at radius 3 is 2.27 bits per heavy atom. The standard InChI is InChI=1S/C29H50O4/c1-7-19(17(2)3)9-8-18(4)21-10-11-22-20-14-25(30)24-15-29(32,33)26(31)16-28(24,6)23(20)12-13-27(21,22)5/h17-24,26,31-33H,7-16H2,1-6H3/t18-,19-,20+,21-,22+,23+,24?,26?,27-,28-/m1/s1. The van der Waals surface area contributed by atoms with E-state index in [9.17, 15) is 20.1 Å². The molecule has 0 aromatic carbocycles. The fourth-order valence-corrected chi connectivity index (χ4v) is 9.71. The van der Waals surface area contributed by atoms with Gasteiger partial charge in [-0.25, -0.2) is 0 Å². The van der Waals surface area contributed by atoms with Crippen LogP contribution in [-0.2, 0) is 4.79 Å². The molecule has 4 aliphatic carbocycles. The summed E-state index contributed by atoms with van der Waals surface area (Å²) in [4.78, 5) is 13.4. The molecule has 0 amide bonds. The van der Waals surface area contributed by atoms with Gasteiger partial charge in [0.2, 0.25) is 0 Å². The third kappa shape index (κ3) is 4.14. The quantitative estimate of drug-likeness (QED) is 0.451. The van der Waals surface area contributed by atoms with E-state index in [-0.39, 0.29) is 23.5 Å². The Labute approximate surface area is 201 Å². The van der Waals surface area contributed by atoms with E-state index in [0.717, 1.165) is 30.1 Å². The van der Waals surface area contributed by atoms with Crippen LogP contribution in [0.25, 0.3) is 0 Å².